The van der Waals surface area contributed by atoms with E-state index in [1.165, 1.54) is 0 Å². The number of halogens is 3. The zero-order valence-electron chi connectivity index (χ0n) is 7.13. The van der Waals surface area contributed by atoms with Crippen LogP contribution in [0.1, 0.15) is 4.11 Å². The molecule has 0 saturated heterocycles. The van der Waals surface area contributed by atoms with E-state index in [9.17, 15) is 0 Å². The van der Waals surface area contributed by atoms with Crippen LogP contribution in [0.3, 0.4) is 0 Å². The molecule has 1 aromatic rings. The fourth-order valence-corrected chi connectivity index (χ4v) is 1.17. The molecule has 0 spiro atoms. The van der Waals surface area contributed by atoms with E-state index in [0.29, 0.717) is 3.57 Å². The third-order valence-electron chi connectivity index (χ3n) is 0.694. The van der Waals surface area contributed by atoms with Crippen molar-refractivity contribution < 1.29 is 4.11 Å². The maximum absolute atomic E-state index is 7.44. The van der Waals surface area contributed by atoms with Crippen molar-refractivity contribution in [2.45, 2.75) is 0 Å². The molecule has 0 aromatic heterocycles. The largest absolute Gasteiger partial charge is 0.0831 e. The molecule has 3 heteroatoms. The van der Waals surface area contributed by atoms with E-state index < -0.39 is 0 Å². The molecule has 1 aromatic carbocycles. The SMILES string of the molecule is [2H]c1c([2H])c(I)c(Cl)c([2H])c1Br. The highest BCUT2D eigenvalue weighted by molar-refractivity contribution is 14.1. The molecule has 0 aliphatic heterocycles. The molecule has 1 rings (SSSR count). The highest BCUT2D eigenvalue weighted by Crippen LogP contribution is 2.22. The fourth-order valence-electron chi connectivity index (χ4n) is 0.347. The maximum Gasteiger partial charge on any atom is 0.0651 e. The summed E-state index contributed by atoms with van der Waals surface area (Å²) in [6, 6.07) is 0.138. The normalized spacial score (nSPS) is 14.3. The van der Waals surface area contributed by atoms with E-state index in [0.717, 1.165) is 0 Å². The lowest BCUT2D eigenvalue weighted by Gasteiger charge is -1.93. The lowest BCUT2D eigenvalue weighted by molar-refractivity contribution is 1.60. The average Bonchev–Trinajstić information content (AvgIpc) is 2.08. The first-order valence-corrected chi connectivity index (χ1v) is 4.32. The van der Waals surface area contributed by atoms with E-state index in [2.05, 4.69) is 15.9 Å². The van der Waals surface area contributed by atoms with Gasteiger partial charge in [0.05, 0.1) is 9.13 Å². The van der Waals surface area contributed by atoms with Crippen molar-refractivity contribution in [3.05, 3.63) is 31.2 Å². The molecule has 0 aliphatic carbocycles. The van der Waals surface area contributed by atoms with E-state index >= 15 is 0 Å². The van der Waals surface area contributed by atoms with Crippen LogP contribution in [-0.2, 0) is 0 Å². The molecule has 0 fully saturated rings. The summed E-state index contributed by atoms with van der Waals surface area (Å²) in [6.07, 6.45) is 0. The third-order valence-corrected chi connectivity index (χ3v) is 2.50. The van der Waals surface area contributed by atoms with Gasteiger partial charge in [-0.3, -0.25) is 0 Å². The van der Waals surface area contributed by atoms with Crippen molar-refractivity contribution in [3.63, 3.8) is 0 Å². The number of hydrogen-bond donors (Lipinski definition) is 0. The molecule has 48 valence electrons. The van der Waals surface area contributed by atoms with E-state index in [1.807, 2.05) is 22.6 Å². The Balaban J connectivity index is 3.60. The molecule has 9 heavy (non-hydrogen) atoms. The van der Waals surface area contributed by atoms with Gasteiger partial charge in [0, 0.05) is 8.04 Å². The van der Waals surface area contributed by atoms with Gasteiger partial charge in [-0.25, -0.2) is 0 Å². The van der Waals surface area contributed by atoms with Crippen molar-refractivity contribution in [2.24, 2.45) is 0 Å². The van der Waals surface area contributed by atoms with Crippen LogP contribution in [0, 0.1) is 3.57 Å². The first-order valence-electron chi connectivity index (χ1n) is 3.57. The quantitative estimate of drug-likeness (QED) is 0.505. The van der Waals surface area contributed by atoms with Gasteiger partial charge >= 0.3 is 0 Å². The molecular formula is C6H3BrClI. The molecule has 0 heterocycles. The summed E-state index contributed by atoms with van der Waals surface area (Å²) in [5, 5.41) is 0.225. The van der Waals surface area contributed by atoms with Crippen molar-refractivity contribution in [3.8, 4) is 0 Å². The predicted octanol–water partition coefficient (Wildman–Crippen LogP) is 3.71. The monoisotopic (exact) mass is 319 g/mol. The van der Waals surface area contributed by atoms with Crippen molar-refractivity contribution in [2.75, 3.05) is 0 Å². The summed E-state index contributed by atoms with van der Waals surface area (Å²) in [5.74, 6) is 0. The summed E-state index contributed by atoms with van der Waals surface area (Å²) >= 11 is 10.6. The molecule has 0 amide bonds. The summed E-state index contributed by atoms with van der Waals surface area (Å²) < 4.78 is 23.0. The summed E-state index contributed by atoms with van der Waals surface area (Å²) in [4.78, 5) is 0. The zero-order chi connectivity index (χ0) is 9.46. The van der Waals surface area contributed by atoms with Gasteiger partial charge in [0.1, 0.15) is 0 Å². The number of rotatable bonds is 0. The summed E-state index contributed by atoms with van der Waals surface area (Å²) in [6.45, 7) is 0. The number of hydrogen-bond acceptors (Lipinski definition) is 0. The van der Waals surface area contributed by atoms with Gasteiger partial charge in [-0.2, -0.15) is 0 Å². The Morgan fingerprint density at radius 1 is 1.67 bits per heavy atom. The van der Waals surface area contributed by atoms with Crippen LogP contribution in [0.4, 0.5) is 0 Å². The van der Waals surface area contributed by atoms with Gasteiger partial charge in [0.15, 0.2) is 0 Å². The molecule has 0 saturated carbocycles. The molecule has 0 radical (unpaired) electrons. The minimum atomic E-state index is 0.00815. The van der Waals surface area contributed by atoms with E-state index in [-0.39, 0.29) is 27.6 Å². The molecule has 0 atom stereocenters. The second-order valence-electron chi connectivity index (χ2n) is 1.32. The van der Waals surface area contributed by atoms with Crippen molar-refractivity contribution in [1.29, 1.82) is 0 Å². The molecule has 0 aliphatic rings. The Morgan fingerprint density at radius 3 is 3.00 bits per heavy atom. The van der Waals surface area contributed by atoms with E-state index in [4.69, 9.17) is 15.7 Å². The number of benzene rings is 1. The van der Waals surface area contributed by atoms with Gasteiger partial charge in [0.25, 0.3) is 0 Å². The molecular weight excluding hydrogens is 314 g/mol. The van der Waals surface area contributed by atoms with Crippen LogP contribution in [0.2, 0.25) is 5.02 Å². The van der Waals surface area contributed by atoms with Gasteiger partial charge in [-0.15, -0.1) is 0 Å². The van der Waals surface area contributed by atoms with Crippen LogP contribution in [0.5, 0.6) is 0 Å². The minimum Gasteiger partial charge on any atom is -0.0831 e. The maximum atomic E-state index is 7.44. The lowest BCUT2D eigenvalue weighted by Crippen LogP contribution is -1.71. The Morgan fingerprint density at radius 2 is 2.33 bits per heavy atom. The zero-order valence-corrected chi connectivity index (χ0v) is 8.63. The van der Waals surface area contributed by atoms with Gasteiger partial charge < -0.3 is 0 Å². The minimum absolute atomic E-state index is 0.00815. The van der Waals surface area contributed by atoms with Crippen LogP contribution in [-0.4, -0.2) is 0 Å². The fraction of sp³-hybridized carbons (Fsp3) is 0. The third kappa shape index (κ3) is 2.09. The Labute approximate surface area is 85.1 Å². The Kier molecular flexibility index (Phi) is 1.63. The summed E-state index contributed by atoms with van der Waals surface area (Å²) in [7, 11) is 0. The van der Waals surface area contributed by atoms with Crippen LogP contribution in [0.15, 0.2) is 22.6 Å². The molecule has 0 unspecified atom stereocenters. The standard InChI is InChI=1S/C6H3BrClI/c7-4-1-2-6(9)5(8)3-4/h1-3H/i1D,2D,3D. The topological polar surface area (TPSA) is 0 Å². The predicted molar refractivity (Wildman–Crippen MR) is 51.9 cm³/mol. The van der Waals surface area contributed by atoms with Crippen LogP contribution >= 0.6 is 50.1 Å². The molecule has 0 N–H and O–H groups in total. The smallest absolute Gasteiger partial charge is 0.0651 e. The second-order valence-corrected chi connectivity index (χ2v) is 3.57. The second kappa shape index (κ2) is 3.21. The lowest BCUT2D eigenvalue weighted by atomic mass is 10.4. The van der Waals surface area contributed by atoms with Gasteiger partial charge in [0.2, 0.25) is 0 Å². The highest BCUT2D eigenvalue weighted by Gasteiger charge is 1.94. The Bertz CT molecular complexity index is 237. The van der Waals surface area contributed by atoms with Gasteiger partial charge in [-0.1, -0.05) is 27.5 Å². The van der Waals surface area contributed by atoms with E-state index in [1.54, 1.807) is 0 Å². The van der Waals surface area contributed by atoms with Crippen molar-refractivity contribution >= 4 is 50.1 Å². The molecule has 0 nitrogen and oxygen atoms in total. The van der Waals surface area contributed by atoms with Crippen molar-refractivity contribution in [1.82, 2.24) is 0 Å². The Hall–Kier alpha value is 0.720. The first-order chi connectivity index (χ1) is 5.46. The highest BCUT2D eigenvalue weighted by atomic mass is 127. The first kappa shape index (κ1) is 4.57. The van der Waals surface area contributed by atoms with Crippen LogP contribution in [0.25, 0.3) is 0 Å². The average molecular weight is 320 g/mol. The summed E-state index contributed by atoms with van der Waals surface area (Å²) in [5.41, 5.74) is 0. The van der Waals surface area contributed by atoms with Gasteiger partial charge in [-0.05, 0) is 40.7 Å². The molecule has 0 bridgehead atoms. The van der Waals surface area contributed by atoms with Crippen LogP contribution < -0.4 is 0 Å².